The van der Waals surface area contributed by atoms with Crippen LogP contribution in [0, 0.1) is 5.92 Å². The van der Waals surface area contributed by atoms with Crippen LogP contribution in [0.15, 0.2) is 23.1 Å². The van der Waals surface area contributed by atoms with Gasteiger partial charge in [0.15, 0.2) is 0 Å². The molecule has 0 saturated carbocycles. The van der Waals surface area contributed by atoms with E-state index in [2.05, 4.69) is 30.4 Å². The number of anilines is 1. The van der Waals surface area contributed by atoms with Crippen LogP contribution >= 0.6 is 11.8 Å². The summed E-state index contributed by atoms with van der Waals surface area (Å²) in [5, 5.41) is 3.50. The highest BCUT2D eigenvalue weighted by Crippen LogP contribution is 2.31. The van der Waals surface area contributed by atoms with Crippen molar-refractivity contribution in [2.45, 2.75) is 31.1 Å². The SMILES string of the molecule is CC(CN)CCNc1ccc2c(c1)CCCS2. The summed E-state index contributed by atoms with van der Waals surface area (Å²) in [6, 6.07) is 6.77. The maximum Gasteiger partial charge on any atom is 0.0343 e. The quantitative estimate of drug-likeness (QED) is 0.843. The number of rotatable bonds is 5. The third kappa shape index (κ3) is 3.65. The molecular formula is C14H22N2S. The Kier molecular flexibility index (Phi) is 4.75. The Morgan fingerprint density at radius 1 is 1.47 bits per heavy atom. The molecule has 3 heteroatoms. The highest BCUT2D eigenvalue weighted by molar-refractivity contribution is 7.99. The van der Waals surface area contributed by atoms with Gasteiger partial charge in [-0.25, -0.2) is 0 Å². The van der Waals surface area contributed by atoms with Crippen molar-refractivity contribution in [3.63, 3.8) is 0 Å². The maximum atomic E-state index is 5.61. The number of aryl methyl sites for hydroxylation is 1. The number of fused-ring (bicyclic) bond motifs is 1. The van der Waals surface area contributed by atoms with Crippen LogP contribution in [0.4, 0.5) is 5.69 Å². The zero-order chi connectivity index (χ0) is 12.1. The number of hydrogen-bond acceptors (Lipinski definition) is 3. The Labute approximate surface area is 108 Å². The summed E-state index contributed by atoms with van der Waals surface area (Å²) in [6.07, 6.45) is 3.69. The molecule has 0 bridgehead atoms. The lowest BCUT2D eigenvalue weighted by molar-refractivity contribution is 0.561. The predicted octanol–water partition coefficient (Wildman–Crippen LogP) is 3.12. The van der Waals surface area contributed by atoms with E-state index in [1.165, 1.54) is 34.7 Å². The van der Waals surface area contributed by atoms with E-state index in [0.29, 0.717) is 5.92 Å². The minimum absolute atomic E-state index is 0.607. The first-order valence-corrected chi connectivity index (χ1v) is 7.48. The Balaban J connectivity index is 1.89. The minimum atomic E-state index is 0.607. The highest BCUT2D eigenvalue weighted by Gasteiger charge is 2.09. The fourth-order valence-corrected chi connectivity index (χ4v) is 3.07. The molecule has 0 saturated heterocycles. The molecule has 1 aromatic carbocycles. The lowest BCUT2D eigenvalue weighted by Gasteiger charge is -2.17. The van der Waals surface area contributed by atoms with Crippen molar-refractivity contribution in [1.82, 2.24) is 0 Å². The summed E-state index contributed by atoms with van der Waals surface area (Å²) in [5.41, 5.74) is 8.38. The van der Waals surface area contributed by atoms with Crippen LogP contribution in [0.3, 0.4) is 0 Å². The molecule has 0 amide bonds. The van der Waals surface area contributed by atoms with Crippen LogP contribution in [-0.2, 0) is 6.42 Å². The van der Waals surface area contributed by atoms with Gasteiger partial charge < -0.3 is 11.1 Å². The van der Waals surface area contributed by atoms with Crippen molar-refractivity contribution in [1.29, 1.82) is 0 Å². The van der Waals surface area contributed by atoms with E-state index in [-0.39, 0.29) is 0 Å². The second-order valence-corrected chi connectivity index (χ2v) is 5.97. The minimum Gasteiger partial charge on any atom is -0.385 e. The van der Waals surface area contributed by atoms with Crippen LogP contribution in [0.1, 0.15) is 25.3 Å². The first-order valence-electron chi connectivity index (χ1n) is 6.49. The van der Waals surface area contributed by atoms with Crippen molar-refractivity contribution >= 4 is 17.4 Å². The molecule has 17 heavy (non-hydrogen) atoms. The summed E-state index contributed by atoms with van der Waals surface area (Å²) in [5.74, 6) is 1.88. The average molecular weight is 250 g/mol. The average Bonchev–Trinajstić information content (AvgIpc) is 2.38. The smallest absolute Gasteiger partial charge is 0.0343 e. The predicted molar refractivity (Wildman–Crippen MR) is 76.8 cm³/mol. The van der Waals surface area contributed by atoms with Crippen LogP contribution in [0.25, 0.3) is 0 Å². The first-order chi connectivity index (χ1) is 8.29. The van der Waals surface area contributed by atoms with Gasteiger partial charge in [-0.1, -0.05) is 6.92 Å². The molecule has 0 spiro atoms. The summed E-state index contributed by atoms with van der Waals surface area (Å²) in [4.78, 5) is 1.47. The molecule has 1 aliphatic heterocycles. The fraction of sp³-hybridized carbons (Fsp3) is 0.571. The molecule has 3 N–H and O–H groups in total. The number of thioether (sulfide) groups is 1. The molecule has 1 heterocycles. The van der Waals surface area contributed by atoms with Crippen LogP contribution in [-0.4, -0.2) is 18.8 Å². The molecule has 1 atom stereocenters. The van der Waals surface area contributed by atoms with Crippen molar-refractivity contribution in [2.24, 2.45) is 11.7 Å². The number of hydrogen-bond donors (Lipinski definition) is 2. The van der Waals surface area contributed by atoms with E-state index >= 15 is 0 Å². The van der Waals surface area contributed by atoms with Gasteiger partial charge in [0, 0.05) is 17.1 Å². The summed E-state index contributed by atoms with van der Waals surface area (Å²) < 4.78 is 0. The molecule has 0 fully saturated rings. The monoisotopic (exact) mass is 250 g/mol. The van der Waals surface area contributed by atoms with E-state index in [1.54, 1.807) is 0 Å². The van der Waals surface area contributed by atoms with Crippen molar-refractivity contribution in [3.05, 3.63) is 23.8 Å². The Hall–Kier alpha value is -0.670. The molecule has 0 aliphatic carbocycles. The number of nitrogens with one attached hydrogen (secondary N) is 1. The summed E-state index contributed by atoms with van der Waals surface area (Å²) >= 11 is 1.99. The zero-order valence-electron chi connectivity index (χ0n) is 10.5. The largest absolute Gasteiger partial charge is 0.385 e. The van der Waals surface area contributed by atoms with Crippen molar-refractivity contribution in [2.75, 3.05) is 24.2 Å². The second kappa shape index (κ2) is 6.31. The van der Waals surface area contributed by atoms with Crippen LogP contribution < -0.4 is 11.1 Å². The van der Waals surface area contributed by atoms with Gasteiger partial charge in [0.25, 0.3) is 0 Å². The van der Waals surface area contributed by atoms with Gasteiger partial charge in [0.2, 0.25) is 0 Å². The van der Waals surface area contributed by atoms with Gasteiger partial charge in [-0.2, -0.15) is 0 Å². The van der Waals surface area contributed by atoms with Gasteiger partial charge >= 0.3 is 0 Å². The van der Waals surface area contributed by atoms with Crippen LogP contribution in [0.2, 0.25) is 0 Å². The molecule has 2 nitrogen and oxygen atoms in total. The molecule has 2 rings (SSSR count). The van der Waals surface area contributed by atoms with E-state index < -0.39 is 0 Å². The Morgan fingerprint density at radius 2 is 2.35 bits per heavy atom. The van der Waals surface area contributed by atoms with Crippen LogP contribution in [0.5, 0.6) is 0 Å². The Bertz CT molecular complexity index is 365. The Morgan fingerprint density at radius 3 is 3.18 bits per heavy atom. The highest BCUT2D eigenvalue weighted by atomic mass is 32.2. The molecule has 1 aliphatic rings. The third-order valence-corrected chi connectivity index (χ3v) is 4.48. The standard InChI is InChI=1S/C14H22N2S/c1-11(10-15)6-7-16-13-4-5-14-12(9-13)3-2-8-17-14/h4-5,9,11,16H,2-3,6-8,10,15H2,1H3. The van der Waals surface area contributed by atoms with E-state index in [4.69, 9.17) is 5.73 Å². The molecule has 1 unspecified atom stereocenters. The first kappa shape index (κ1) is 12.8. The normalized spacial score (nSPS) is 16.4. The summed E-state index contributed by atoms with van der Waals surface area (Å²) in [6.45, 7) is 4.00. The van der Waals surface area contributed by atoms with Gasteiger partial charge in [-0.05, 0) is 61.2 Å². The van der Waals surface area contributed by atoms with E-state index in [9.17, 15) is 0 Å². The van der Waals surface area contributed by atoms with Gasteiger partial charge in [-0.15, -0.1) is 11.8 Å². The molecular weight excluding hydrogens is 228 g/mol. The zero-order valence-corrected chi connectivity index (χ0v) is 11.4. The summed E-state index contributed by atoms with van der Waals surface area (Å²) in [7, 11) is 0. The molecule has 1 aromatic rings. The fourth-order valence-electron chi connectivity index (χ4n) is 2.05. The number of nitrogens with two attached hydrogens (primary N) is 1. The lowest BCUT2D eigenvalue weighted by Crippen LogP contribution is -2.15. The molecule has 0 radical (unpaired) electrons. The van der Waals surface area contributed by atoms with Crippen molar-refractivity contribution in [3.8, 4) is 0 Å². The molecule has 94 valence electrons. The van der Waals surface area contributed by atoms with Crippen molar-refractivity contribution < 1.29 is 0 Å². The number of benzene rings is 1. The van der Waals surface area contributed by atoms with Gasteiger partial charge in [0.05, 0.1) is 0 Å². The second-order valence-electron chi connectivity index (χ2n) is 4.83. The lowest BCUT2D eigenvalue weighted by atomic mass is 10.1. The maximum absolute atomic E-state index is 5.61. The molecule has 0 aromatic heterocycles. The van der Waals surface area contributed by atoms with Gasteiger partial charge in [-0.3, -0.25) is 0 Å². The topological polar surface area (TPSA) is 38.0 Å². The van der Waals surface area contributed by atoms with E-state index in [0.717, 1.165) is 19.5 Å². The van der Waals surface area contributed by atoms with E-state index in [1.807, 2.05) is 11.8 Å². The third-order valence-electron chi connectivity index (χ3n) is 3.28. The van der Waals surface area contributed by atoms with Gasteiger partial charge in [0.1, 0.15) is 0 Å².